The number of rotatable bonds is 4. The highest BCUT2D eigenvalue weighted by atomic mass is 16.5. The fourth-order valence-corrected chi connectivity index (χ4v) is 2.49. The highest BCUT2D eigenvalue weighted by Crippen LogP contribution is 2.14. The summed E-state index contributed by atoms with van der Waals surface area (Å²) in [5, 5.41) is 2.81. The predicted molar refractivity (Wildman–Crippen MR) is 83.5 cm³/mol. The van der Waals surface area contributed by atoms with Crippen LogP contribution in [0, 0.1) is 6.92 Å². The summed E-state index contributed by atoms with van der Waals surface area (Å²) < 4.78 is 5.52. The van der Waals surface area contributed by atoms with Crippen LogP contribution in [0.5, 0.6) is 5.75 Å². The highest BCUT2D eigenvalue weighted by molar-refractivity contribution is 5.74. The number of likely N-dealkylation sites (tertiary alicyclic amines) is 1. The van der Waals surface area contributed by atoms with Crippen LogP contribution >= 0.6 is 0 Å². The molecule has 21 heavy (non-hydrogen) atoms. The van der Waals surface area contributed by atoms with Crippen molar-refractivity contribution in [1.82, 2.24) is 15.1 Å². The van der Waals surface area contributed by atoms with Crippen LogP contribution in [0.4, 0.5) is 4.79 Å². The Morgan fingerprint density at radius 3 is 2.57 bits per heavy atom. The molecule has 1 N–H and O–H groups in total. The molecule has 1 aromatic carbocycles. The quantitative estimate of drug-likeness (QED) is 0.864. The summed E-state index contributed by atoms with van der Waals surface area (Å²) in [5.74, 6) is 0.767. The van der Waals surface area contributed by atoms with Crippen LogP contribution in [0.3, 0.4) is 0 Å². The Balaban J connectivity index is 1.72. The topological polar surface area (TPSA) is 44.8 Å². The minimum absolute atomic E-state index is 0.0725. The molecule has 0 saturated carbocycles. The van der Waals surface area contributed by atoms with Gasteiger partial charge in [0.2, 0.25) is 0 Å². The Bertz CT molecular complexity index is 453. The van der Waals surface area contributed by atoms with Gasteiger partial charge in [0, 0.05) is 13.1 Å². The standard InChI is InChI=1S/C16H25N3O2/c1-13-4-6-15(7-5-13)21-12-17-16(20)19(3)14-8-10-18(2)11-9-14/h4-7,14H,8-12H2,1-3H3,(H,17,20). The zero-order valence-corrected chi connectivity index (χ0v) is 13.1. The molecular formula is C16H25N3O2. The van der Waals surface area contributed by atoms with Gasteiger partial charge in [-0.2, -0.15) is 0 Å². The summed E-state index contributed by atoms with van der Waals surface area (Å²) in [4.78, 5) is 16.2. The highest BCUT2D eigenvalue weighted by Gasteiger charge is 2.23. The maximum atomic E-state index is 12.1. The predicted octanol–water partition coefficient (Wildman–Crippen LogP) is 2.07. The number of aryl methyl sites for hydroxylation is 1. The van der Waals surface area contributed by atoms with Crippen molar-refractivity contribution in [1.29, 1.82) is 0 Å². The van der Waals surface area contributed by atoms with Crippen LogP contribution in [-0.4, -0.2) is 55.8 Å². The lowest BCUT2D eigenvalue weighted by molar-refractivity contribution is 0.142. The van der Waals surface area contributed by atoms with Gasteiger partial charge in [-0.05, 0) is 52.0 Å². The number of carbonyl (C=O) groups is 1. The number of amides is 2. The molecule has 0 atom stereocenters. The van der Waals surface area contributed by atoms with Gasteiger partial charge in [-0.25, -0.2) is 4.79 Å². The first kappa shape index (κ1) is 15.6. The van der Waals surface area contributed by atoms with Crippen molar-refractivity contribution in [3.63, 3.8) is 0 Å². The monoisotopic (exact) mass is 291 g/mol. The zero-order valence-electron chi connectivity index (χ0n) is 13.1. The van der Waals surface area contributed by atoms with Crippen LogP contribution in [0.15, 0.2) is 24.3 Å². The first-order valence-electron chi connectivity index (χ1n) is 7.45. The molecule has 1 aromatic rings. The Hall–Kier alpha value is -1.75. The van der Waals surface area contributed by atoms with E-state index < -0.39 is 0 Å². The zero-order chi connectivity index (χ0) is 15.2. The largest absolute Gasteiger partial charge is 0.473 e. The van der Waals surface area contributed by atoms with E-state index in [1.54, 1.807) is 4.90 Å². The van der Waals surface area contributed by atoms with E-state index in [0.29, 0.717) is 6.04 Å². The minimum atomic E-state index is -0.0725. The average molecular weight is 291 g/mol. The number of nitrogens with zero attached hydrogens (tertiary/aromatic N) is 2. The molecule has 0 aliphatic carbocycles. The van der Waals surface area contributed by atoms with E-state index in [1.165, 1.54) is 5.56 Å². The van der Waals surface area contributed by atoms with Crippen molar-refractivity contribution < 1.29 is 9.53 Å². The number of benzene rings is 1. The number of urea groups is 1. The lowest BCUT2D eigenvalue weighted by Crippen LogP contribution is -2.48. The van der Waals surface area contributed by atoms with Crippen molar-refractivity contribution in [2.24, 2.45) is 0 Å². The summed E-state index contributed by atoms with van der Waals surface area (Å²) in [6.07, 6.45) is 2.05. The van der Waals surface area contributed by atoms with Crippen LogP contribution in [0.2, 0.25) is 0 Å². The lowest BCUT2D eigenvalue weighted by atomic mass is 10.0. The SMILES string of the molecule is Cc1ccc(OCNC(=O)N(C)C2CCN(C)CC2)cc1. The molecule has 0 unspecified atom stereocenters. The maximum absolute atomic E-state index is 12.1. The third-order valence-electron chi connectivity index (χ3n) is 4.04. The Kier molecular flexibility index (Phi) is 5.44. The van der Waals surface area contributed by atoms with E-state index >= 15 is 0 Å². The molecule has 0 aromatic heterocycles. The fourth-order valence-electron chi connectivity index (χ4n) is 2.49. The molecule has 1 aliphatic rings. The van der Waals surface area contributed by atoms with E-state index in [4.69, 9.17) is 4.74 Å². The van der Waals surface area contributed by atoms with Crippen molar-refractivity contribution in [2.75, 3.05) is 33.9 Å². The third-order valence-corrected chi connectivity index (χ3v) is 4.04. The van der Waals surface area contributed by atoms with Crippen molar-refractivity contribution in [3.8, 4) is 5.75 Å². The van der Waals surface area contributed by atoms with Gasteiger partial charge in [-0.1, -0.05) is 17.7 Å². The van der Waals surface area contributed by atoms with Gasteiger partial charge in [0.15, 0.2) is 6.73 Å². The van der Waals surface area contributed by atoms with Crippen LogP contribution in [-0.2, 0) is 0 Å². The number of carbonyl (C=O) groups excluding carboxylic acids is 1. The summed E-state index contributed by atoms with van der Waals surface area (Å²) in [7, 11) is 3.98. The maximum Gasteiger partial charge on any atom is 0.319 e. The minimum Gasteiger partial charge on any atom is -0.473 e. The van der Waals surface area contributed by atoms with E-state index in [2.05, 4.69) is 17.3 Å². The molecule has 1 fully saturated rings. The first-order chi connectivity index (χ1) is 10.1. The van der Waals surface area contributed by atoms with Crippen molar-refractivity contribution >= 4 is 6.03 Å². The van der Waals surface area contributed by atoms with E-state index in [0.717, 1.165) is 31.7 Å². The number of hydrogen-bond donors (Lipinski definition) is 1. The van der Waals surface area contributed by atoms with Crippen LogP contribution in [0.25, 0.3) is 0 Å². The first-order valence-corrected chi connectivity index (χ1v) is 7.45. The molecule has 2 amide bonds. The molecule has 0 radical (unpaired) electrons. The number of piperidine rings is 1. The third kappa shape index (κ3) is 4.63. The molecule has 5 heteroatoms. The lowest BCUT2D eigenvalue weighted by Gasteiger charge is -2.35. The second-order valence-electron chi connectivity index (χ2n) is 5.73. The average Bonchev–Trinajstić information content (AvgIpc) is 2.49. The van der Waals surface area contributed by atoms with Gasteiger partial charge < -0.3 is 19.9 Å². The van der Waals surface area contributed by atoms with E-state index in [9.17, 15) is 4.79 Å². The van der Waals surface area contributed by atoms with Gasteiger partial charge in [0.1, 0.15) is 5.75 Å². The molecular weight excluding hydrogens is 266 g/mol. The van der Waals surface area contributed by atoms with Crippen LogP contribution in [0.1, 0.15) is 18.4 Å². The summed E-state index contributed by atoms with van der Waals surface area (Å²) in [6, 6.07) is 8.03. The second kappa shape index (κ2) is 7.31. The van der Waals surface area contributed by atoms with Crippen molar-refractivity contribution in [3.05, 3.63) is 29.8 Å². The van der Waals surface area contributed by atoms with Crippen LogP contribution < -0.4 is 10.1 Å². The number of ether oxygens (including phenoxy) is 1. The molecule has 1 heterocycles. The molecule has 116 valence electrons. The van der Waals surface area contributed by atoms with Gasteiger partial charge >= 0.3 is 6.03 Å². The van der Waals surface area contributed by atoms with E-state index in [1.807, 2.05) is 38.2 Å². The smallest absolute Gasteiger partial charge is 0.319 e. The number of hydrogen-bond acceptors (Lipinski definition) is 3. The summed E-state index contributed by atoms with van der Waals surface area (Å²) in [6.45, 7) is 4.31. The molecule has 0 spiro atoms. The summed E-state index contributed by atoms with van der Waals surface area (Å²) in [5.41, 5.74) is 1.19. The van der Waals surface area contributed by atoms with Gasteiger partial charge in [-0.3, -0.25) is 0 Å². The fraction of sp³-hybridized carbons (Fsp3) is 0.562. The second-order valence-corrected chi connectivity index (χ2v) is 5.73. The van der Waals surface area contributed by atoms with Gasteiger partial charge in [0.05, 0.1) is 0 Å². The Morgan fingerprint density at radius 1 is 1.33 bits per heavy atom. The normalized spacial score (nSPS) is 16.5. The molecule has 0 bridgehead atoms. The Morgan fingerprint density at radius 2 is 1.95 bits per heavy atom. The van der Waals surface area contributed by atoms with E-state index in [-0.39, 0.29) is 12.8 Å². The number of nitrogens with one attached hydrogen (secondary N) is 1. The Labute approximate surface area is 126 Å². The summed E-state index contributed by atoms with van der Waals surface area (Å²) >= 11 is 0. The molecule has 1 saturated heterocycles. The van der Waals surface area contributed by atoms with Gasteiger partial charge in [-0.15, -0.1) is 0 Å². The van der Waals surface area contributed by atoms with Crippen molar-refractivity contribution in [2.45, 2.75) is 25.8 Å². The van der Waals surface area contributed by atoms with Gasteiger partial charge in [0.25, 0.3) is 0 Å². The molecule has 5 nitrogen and oxygen atoms in total. The molecule has 1 aliphatic heterocycles. The molecule has 2 rings (SSSR count).